The molecule has 0 spiro atoms. The van der Waals surface area contributed by atoms with Crippen LogP contribution >= 0.6 is 0 Å². The molecule has 0 saturated heterocycles. The maximum Gasteiger partial charge on any atom is 0.188 e. The third-order valence-corrected chi connectivity index (χ3v) is 1.16. The van der Waals surface area contributed by atoms with Crippen molar-refractivity contribution < 1.29 is 9.53 Å². The molecule has 0 aromatic heterocycles. The van der Waals surface area contributed by atoms with Crippen molar-refractivity contribution in [1.29, 1.82) is 0 Å². The minimum atomic E-state index is -0.00986. The molecule has 0 radical (unpaired) electrons. The molecule has 0 aromatic carbocycles. The lowest BCUT2D eigenvalue weighted by atomic mass is 10.1. The van der Waals surface area contributed by atoms with E-state index in [0.29, 0.717) is 5.57 Å². The van der Waals surface area contributed by atoms with E-state index in [0.717, 1.165) is 0 Å². The molecule has 1 rings (SSSR count). The Balaban J connectivity index is 2.80. The summed E-state index contributed by atoms with van der Waals surface area (Å²) in [4.78, 5) is 10.9. The van der Waals surface area contributed by atoms with Gasteiger partial charge in [-0.25, -0.2) is 0 Å². The Labute approximate surface area is 59.5 Å². The van der Waals surface area contributed by atoms with Gasteiger partial charge in [-0.3, -0.25) is 4.79 Å². The van der Waals surface area contributed by atoms with Crippen molar-refractivity contribution in [3.8, 4) is 0 Å². The largest absolute Gasteiger partial charge is 0.504 e. The van der Waals surface area contributed by atoms with Crippen LogP contribution in [-0.2, 0) is 9.53 Å². The van der Waals surface area contributed by atoms with Gasteiger partial charge in [-0.1, -0.05) is 12.2 Å². The van der Waals surface area contributed by atoms with Gasteiger partial charge in [-0.15, -0.1) is 0 Å². The molecule has 0 saturated carbocycles. The highest BCUT2D eigenvalue weighted by Gasteiger charge is 2.03. The van der Waals surface area contributed by atoms with Crippen molar-refractivity contribution >= 4 is 5.78 Å². The lowest BCUT2D eigenvalue weighted by Gasteiger charge is -1.98. The minimum Gasteiger partial charge on any atom is -0.504 e. The van der Waals surface area contributed by atoms with Gasteiger partial charge in [0.2, 0.25) is 0 Å². The monoisotopic (exact) mass is 136 g/mol. The number of rotatable bonds is 1. The molecule has 1 aliphatic carbocycles. The van der Waals surface area contributed by atoms with Crippen molar-refractivity contribution in [3.05, 3.63) is 36.1 Å². The van der Waals surface area contributed by atoms with E-state index in [9.17, 15) is 4.79 Å². The lowest BCUT2D eigenvalue weighted by molar-refractivity contribution is -0.111. The van der Waals surface area contributed by atoms with E-state index >= 15 is 0 Å². The Morgan fingerprint density at radius 1 is 1.40 bits per heavy atom. The molecular formula is C8H8O2. The summed E-state index contributed by atoms with van der Waals surface area (Å²) in [5.41, 5.74) is 0.588. The number of ether oxygens (including phenoxy) is 1. The summed E-state index contributed by atoms with van der Waals surface area (Å²) in [6.07, 6.45) is 8.15. The van der Waals surface area contributed by atoms with Gasteiger partial charge in [0.25, 0.3) is 0 Å². The molecule has 0 atom stereocenters. The van der Waals surface area contributed by atoms with Gasteiger partial charge >= 0.3 is 0 Å². The second kappa shape index (κ2) is 3.01. The van der Waals surface area contributed by atoms with Gasteiger partial charge in [-0.2, -0.15) is 0 Å². The van der Waals surface area contributed by atoms with Crippen molar-refractivity contribution in [1.82, 2.24) is 0 Å². The summed E-state index contributed by atoms with van der Waals surface area (Å²) in [7, 11) is 1.52. The van der Waals surface area contributed by atoms with Gasteiger partial charge < -0.3 is 4.74 Å². The summed E-state index contributed by atoms with van der Waals surface area (Å²) in [5, 5.41) is 0. The minimum absolute atomic E-state index is 0.00986. The molecule has 0 aliphatic heterocycles. The normalized spacial score (nSPS) is 20.1. The number of hydrogen-bond acceptors (Lipinski definition) is 2. The smallest absolute Gasteiger partial charge is 0.188 e. The van der Waals surface area contributed by atoms with Crippen LogP contribution in [0.3, 0.4) is 0 Å². The van der Waals surface area contributed by atoms with Gasteiger partial charge in [0.1, 0.15) is 0 Å². The molecule has 0 amide bonds. The highest BCUT2D eigenvalue weighted by Crippen LogP contribution is 2.05. The average molecular weight is 136 g/mol. The number of ketones is 1. The summed E-state index contributed by atoms with van der Waals surface area (Å²) >= 11 is 0. The van der Waals surface area contributed by atoms with Crippen LogP contribution in [0.1, 0.15) is 0 Å². The Kier molecular flexibility index (Phi) is 2.05. The van der Waals surface area contributed by atoms with Crippen LogP contribution in [0.15, 0.2) is 36.1 Å². The van der Waals surface area contributed by atoms with E-state index in [1.807, 2.05) is 0 Å². The SMILES string of the molecule is CO/C=C1\C=CC=CC1=O. The summed E-state index contributed by atoms with van der Waals surface area (Å²) < 4.78 is 4.68. The first-order valence-electron chi connectivity index (χ1n) is 2.96. The van der Waals surface area contributed by atoms with Crippen LogP contribution in [0.2, 0.25) is 0 Å². The molecule has 0 N–H and O–H groups in total. The third-order valence-electron chi connectivity index (χ3n) is 1.16. The highest BCUT2D eigenvalue weighted by molar-refractivity contribution is 6.07. The Morgan fingerprint density at radius 2 is 2.10 bits per heavy atom. The highest BCUT2D eigenvalue weighted by atomic mass is 16.5. The van der Waals surface area contributed by atoms with Crippen LogP contribution in [0, 0.1) is 0 Å². The predicted octanol–water partition coefficient (Wildman–Crippen LogP) is 1.21. The van der Waals surface area contributed by atoms with E-state index in [1.54, 1.807) is 18.2 Å². The van der Waals surface area contributed by atoms with Crippen LogP contribution in [0.4, 0.5) is 0 Å². The molecule has 10 heavy (non-hydrogen) atoms. The van der Waals surface area contributed by atoms with Crippen molar-refractivity contribution in [2.75, 3.05) is 7.11 Å². The molecule has 2 nitrogen and oxygen atoms in total. The Morgan fingerprint density at radius 3 is 2.70 bits per heavy atom. The van der Waals surface area contributed by atoms with Gasteiger partial charge in [0.15, 0.2) is 5.78 Å². The number of carbonyl (C=O) groups excluding carboxylic acids is 1. The Bertz CT molecular complexity index is 221. The van der Waals surface area contributed by atoms with E-state index in [1.165, 1.54) is 19.4 Å². The quantitative estimate of drug-likeness (QED) is 0.400. The standard InChI is InChI=1S/C8H8O2/c1-10-6-7-4-2-3-5-8(7)9/h2-6H,1H3/b7-6+. The van der Waals surface area contributed by atoms with Crippen LogP contribution in [0.5, 0.6) is 0 Å². The van der Waals surface area contributed by atoms with Crippen molar-refractivity contribution in [2.45, 2.75) is 0 Å². The number of carbonyl (C=O) groups is 1. The molecule has 0 heterocycles. The fraction of sp³-hybridized carbons (Fsp3) is 0.125. The third kappa shape index (κ3) is 1.35. The average Bonchev–Trinajstić information content (AvgIpc) is 1.94. The lowest BCUT2D eigenvalue weighted by Crippen LogP contribution is -1.98. The van der Waals surface area contributed by atoms with Crippen LogP contribution in [-0.4, -0.2) is 12.9 Å². The van der Waals surface area contributed by atoms with E-state index < -0.39 is 0 Å². The molecule has 1 aliphatic rings. The van der Waals surface area contributed by atoms with Gasteiger partial charge in [0, 0.05) is 0 Å². The zero-order chi connectivity index (χ0) is 7.40. The zero-order valence-electron chi connectivity index (χ0n) is 5.70. The van der Waals surface area contributed by atoms with Gasteiger partial charge in [-0.05, 0) is 12.2 Å². The van der Waals surface area contributed by atoms with Crippen LogP contribution < -0.4 is 0 Å². The fourth-order valence-electron chi connectivity index (χ4n) is 0.705. The molecular weight excluding hydrogens is 128 g/mol. The first-order chi connectivity index (χ1) is 4.84. The van der Waals surface area contributed by atoms with Crippen molar-refractivity contribution in [3.63, 3.8) is 0 Å². The molecule has 0 unspecified atom stereocenters. The van der Waals surface area contributed by atoms with Gasteiger partial charge in [0.05, 0.1) is 18.9 Å². The fourth-order valence-corrected chi connectivity index (χ4v) is 0.705. The maximum absolute atomic E-state index is 10.9. The predicted molar refractivity (Wildman–Crippen MR) is 38.4 cm³/mol. The zero-order valence-corrected chi connectivity index (χ0v) is 5.70. The summed E-state index contributed by atoms with van der Waals surface area (Å²) in [6, 6.07) is 0. The number of methoxy groups -OCH3 is 1. The topological polar surface area (TPSA) is 26.3 Å². The summed E-state index contributed by atoms with van der Waals surface area (Å²) in [5.74, 6) is -0.00986. The molecule has 2 heteroatoms. The van der Waals surface area contributed by atoms with E-state index in [4.69, 9.17) is 0 Å². The first kappa shape index (κ1) is 6.81. The summed E-state index contributed by atoms with van der Waals surface area (Å²) in [6.45, 7) is 0. The molecule has 0 aromatic rings. The second-order valence-electron chi connectivity index (χ2n) is 1.89. The second-order valence-corrected chi connectivity index (χ2v) is 1.89. The molecule has 0 bridgehead atoms. The number of hydrogen-bond donors (Lipinski definition) is 0. The van der Waals surface area contributed by atoms with Crippen LogP contribution in [0.25, 0.3) is 0 Å². The first-order valence-corrected chi connectivity index (χ1v) is 2.96. The maximum atomic E-state index is 10.9. The molecule has 52 valence electrons. The van der Waals surface area contributed by atoms with E-state index in [-0.39, 0.29) is 5.78 Å². The molecule has 0 fully saturated rings. The van der Waals surface area contributed by atoms with E-state index in [2.05, 4.69) is 4.74 Å². The Hall–Kier alpha value is -1.31. The van der Waals surface area contributed by atoms with Crippen molar-refractivity contribution in [2.24, 2.45) is 0 Å². The number of allylic oxidation sites excluding steroid dienone is 5.